The van der Waals surface area contributed by atoms with E-state index in [0.717, 1.165) is 10.5 Å². The van der Waals surface area contributed by atoms with Gasteiger partial charge in [0.15, 0.2) is 12.4 Å². The number of esters is 1. The minimum absolute atomic E-state index is 0.0351. The second-order valence-corrected chi connectivity index (χ2v) is 8.02. The quantitative estimate of drug-likeness (QED) is 0.307. The van der Waals surface area contributed by atoms with Crippen LogP contribution in [0.5, 0.6) is 0 Å². The van der Waals surface area contributed by atoms with Crippen LogP contribution < -0.4 is 5.32 Å². The molecule has 0 radical (unpaired) electrons. The zero-order chi connectivity index (χ0) is 24.9. The predicted octanol–water partition coefficient (Wildman–Crippen LogP) is 3.28. The Kier molecular flexibility index (Phi) is 6.82. The molecule has 35 heavy (non-hydrogen) atoms. The number of ether oxygens (including phenoxy) is 1. The van der Waals surface area contributed by atoms with E-state index in [1.165, 1.54) is 25.1 Å². The van der Waals surface area contributed by atoms with Crippen molar-refractivity contribution in [2.75, 3.05) is 11.9 Å². The van der Waals surface area contributed by atoms with Crippen LogP contribution in [0.25, 0.3) is 0 Å². The number of ketones is 1. The fourth-order valence-corrected chi connectivity index (χ4v) is 3.85. The molecule has 0 saturated heterocycles. The number of nitrogens with one attached hydrogen (secondary N) is 1. The average Bonchev–Trinajstić information content (AvgIpc) is 3.11. The third kappa shape index (κ3) is 5.16. The second kappa shape index (κ2) is 10.1. The Bertz CT molecular complexity index is 1280. The van der Waals surface area contributed by atoms with Crippen LogP contribution in [-0.2, 0) is 20.7 Å². The molecule has 1 heterocycles. The van der Waals surface area contributed by atoms with Crippen LogP contribution in [0, 0.1) is 0 Å². The number of benzene rings is 3. The van der Waals surface area contributed by atoms with Gasteiger partial charge in [0, 0.05) is 17.7 Å². The average molecular weight is 470 g/mol. The number of fused-ring (bicyclic) bond motifs is 1. The molecule has 0 unspecified atom stereocenters. The normalized spacial score (nSPS) is 13.2. The van der Waals surface area contributed by atoms with Gasteiger partial charge in [0.1, 0.15) is 6.04 Å². The van der Waals surface area contributed by atoms with E-state index in [-0.39, 0.29) is 23.3 Å². The first-order chi connectivity index (χ1) is 16.8. The molecule has 1 aliphatic rings. The van der Waals surface area contributed by atoms with Crippen LogP contribution in [0.15, 0.2) is 78.9 Å². The molecule has 0 aromatic heterocycles. The summed E-state index contributed by atoms with van der Waals surface area (Å²) >= 11 is 0. The van der Waals surface area contributed by atoms with Crippen molar-refractivity contribution >= 4 is 35.2 Å². The summed E-state index contributed by atoms with van der Waals surface area (Å²) in [7, 11) is 0. The summed E-state index contributed by atoms with van der Waals surface area (Å²) < 4.78 is 5.23. The highest BCUT2D eigenvalue weighted by atomic mass is 16.5. The maximum absolute atomic E-state index is 13.1. The van der Waals surface area contributed by atoms with Crippen molar-refractivity contribution in [1.29, 1.82) is 0 Å². The maximum atomic E-state index is 13.1. The van der Waals surface area contributed by atoms with E-state index >= 15 is 0 Å². The summed E-state index contributed by atoms with van der Waals surface area (Å²) in [5.41, 5.74) is 1.95. The number of carbonyl (C=O) groups is 5. The van der Waals surface area contributed by atoms with Gasteiger partial charge in [0.05, 0.1) is 11.1 Å². The molecule has 3 aromatic carbocycles. The highest BCUT2D eigenvalue weighted by Gasteiger charge is 2.43. The lowest BCUT2D eigenvalue weighted by Gasteiger charge is -2.24. The van der Waals surface area contributed by atoms with Crippen molar-refractivity contribution in [3.05, 3.63) is 101 Å². The molecule has 0 spiro atoms. The van der Waals surface area contributed by atoms with E-state index in [0.29, 0.717) is 11.3 Å². The van der Waals surface area contributed by atoms with Crippen LogP contribution in [0.2, 0.25) is 0 Å². The van der Waals surface area contributed by atoms with Gasteiger partial charge in [-0.1, -0.05) is 54.6 Å². The van der Waals surface area contributed by atoms with E-state index in [1.54, 1.807) is 54.6 Å². The van der Waals surface area contributed by atoms with Crippen molar-refractivity contribution in [2.45, 2.75) is 19.4 Å². The molecule has 176 valence electrons. The summed E-state index contributed by atoms with van der Waals surface area (Å²) in [6.45, 7) is 0.784. The molecule has 1 atom stereocenters. The van der Waals surface area contributed by atoms with Gasteiger partial charge >= 0.3 is 5.97 Å². The highest BCUT2D eigenvalue weighted by Crippen LogP contribution is 2.26. The molecular formula is C27H22N2O6. The van der Waals surface area contributed by atoms with Crippen LogP contribution in [0.1, 0.15) is 43.6 Å². The number of amides is 3. The molecule has 3 amide bonds. The van der Waals surface area contributed by atoms with Crippen LogP contribution >= 0.6 is 0 Å². The number of imide groups is 1. The van der Waals surface area contributed by atoms with E-state index in [2.05, 4.69) is 5.32 Å². The number of Topliss-reactive ketones (excluding diaryl/α,β-unsaturated/α-hetero) is 1. The number of hydrogen-bond acceptors (Lipinski definition) is 6. The van der Waals surface area contributed by atoms with Crippen molar-refractivity contribution < 1.29 is 28.7 Å². The monoisotopic (exact) mass is 470 g/mol. The standard InChI is InChI=1S/C27H22N2O6/c1-17(30)19-10-7-11-20(15-19)28-24(31)16-35-27(34)23(14-18-8-3-2-4-9-18)29-25(32)21-12-5-6-13-22(21)26(29)33/h2-13,15,23H,14,16H2,1H3,(H,28,31)/t23-/m0/s1. The Morgan fingerprint density at radius 1 is 0.857 bits per heavy atom. The predicted molar refractivity (Wildman–Crippen MR) is 127 cm³/mol. The van der Waals surface area contributed by atoms with Gasteiger partial charge in [0.25, 0.3) is 17.7 Å². The fourth-order valence-electron chi connectivity index (χ4n) is 3.85. The van der Waals surface area contributed by atoms with Crippen molar-refractivity contribution in [1.82, 2.24) is 4.90 Å². The van der Waals surface area contributed by atoms with Crippen LogP contribution in [0.3, 0.4) is 0 Å². The molecule has 0 bridgehead atoms. The second-order valence-electron chi connectivity index (χ2n) is 8.02. The highest BCUT2D eigenvalue weighted by molar-refractivity contribution is 6.22. The van der Waals surface area contributed by atoms with Gasteiger partial charge in [-0.3, -0.25) is 24.1 Å². The van der Waals surface area contributed by atoms with Crippen molar-refractivity contribution in [2.24, 2.45) is 0 Å². The molecule has 1 N–H and O–H groups in total. The zero-order valence-electron chi connectivity index (χ0n) is 18.9. The SMILES string of the molecule is CC(=O)c1cccc(NC(=O)COC(=O)[C@H](Cc2ccccc2)N2C(=O)c3ccccc3C2=O)c1. The molecule has 0 aliphatic carbocycles. The largest absolute Gasteiger partial charge is 0.454 e. The fraction of sp³-hybridized carbons (Fsp3) is 0.148. The summed E-state index contributed by atoms with van der Waals surface area (Å²) in [4.78, 5) is 63.9. The summed E-state index contributed by atoms with van der Waals surface area (Å²) in [5.74, 6) is -2.84. The zero-order valence-corrected chi connectivity index (χ0v) is 18.9. The molecule has 4 rings (SSSR count). The summed E-state index contributed by atoms with van der Waals surface area (Å²) in [6, 6.07) is 20.4. The van der Waals surface area contributed by atoms with Crippen LogP contribution in [-0.4, -0.2) is 47.0 Å². The van der Waals surface area contributed by atoms with Gasteiger partial charge in [-0.15, -0.1) is 0 Å². The molecule has 3 aromatic rings. The van der Waals surface area contributed by atoms with Gasteiger partial charge in [-0.05, 0) is 36.8 Å². The molecule has 0 saturated carbocycles. The van der Waals surface area contributed by atoms with E-state index in [4.69, 9.17) is 4.74 Å². The van der Waals surface area contributed by atoms with Gasteiger partial charge in [-0.25, -0.2) is 4.79 Å². The third-order valence-electron chi connectivity index (χ3n) is 5.58. The first-order valence-electron chi connectivity index (χ1n) is 10.9. The van der Waals surface area contributed by atoms with Crippen LogP contribution in [0.4, 0.5) is 5.69 Å². The smallest absolute Gasteiger partial charge is 0.330 e. The third-order valence-corrected chi connectivity index (χ3v) is 5.58. The molecule has 8 nitrogen and oxygen atoms in total. The number of nitrogens with zero attached hydrogens (tertiary/aromatic N) is 1. The molecular weight excluding hydrogens is 448 g/mol. The number of rotatable bonds is 8. The Morgan fingerprint density at radius 2 is 1.49 bits per heavy atom. The minimum Gasteiger partial charge on any atom is -0.454 e. The Labute approximate surface area is 201 Å². The molecule has 0 fully saturated rings. The number of carbonyl (C=O) groups excluding carboxylic acids is 5. The summed E-state index contributed by atoms with van der Waals surface area (Å²) in [6.07, 6.45) is 0.0351. The first-order valence-corrected chi connectivity index (χ1v) is 10.9. The number of hydrogen-bond donors (Lipinski definition) is 1. The topological polar surface area (TPSA) is 110 Å². The Morgan fingerprint density at radius 3 is 2.11 bits per heavy atom. The summed E-state index contributed by atoms with van der Waals surface area (Å²) in [5, 5.41) is 2.57. The van der Waals surface area contributed by atoms with E-state index in [1.807, 2.05) is 6.07 Å². The maximum Gasteiger partial charge on any atom is 0.330 e. The Hall–Kier alpha value is -4.59. The Balaban J connectivity index is 1.50. The lowest BCUT2D eigenvalue weighted by atomic mass is 10.0. The van der Waals surface area contributed by atoms with Gasteiger partial charge < -0.3 is 10.1 Å². The lowest BCUT2D eigenvalue weighted by Crippen LogP contribution is -2.47. The minimum atomic E-state index is -1.25. The van der Waals surface area contributed by atoms with E-state index in [9.17, 15) is 24.0 Å². The van der Waals surface area contributed by atoms with Crippen molar-refractivity contribution in [3.63, 3.8) is 0 Å². The van der Waals surface area contributed by atoms with Crippen molar-refractivity contribution in [3.8, 4) is 0 Å². The van der Waals surface area contributed by atoms with E-state index < -0.39 is 36.3 Å². The first kappa shape index (κ1) is 23.6. The van der Waals surface area contributed by atoms with Gasteiger partial charge in [-0.2, -0.15) is 0 Å². The lowest BCUT2D eigenvalue weighted by molar-refractivity contribution is -0.151. The molecule has 1 aliphatic heterocycles. The van der Waals surface area contributed by atoms with Gasteiger partial charge in [0.2, 0.25) is 0 Å². The molecule has 8 heteroatoms. The number of anilines is 1.